The van der Waals surface area contributed by atoms with Crippen LogP contribution in [-0.4, -0.2) is 33.8 Å². The molecule has 0 spiro atoms. The normalized spacial score (nSPS) is 12.3. The molecule has 1 heterocycles. The number of carbonyl (C=O) groups excluding carboxylic acids is 1. The fraction of sp³-hybridized carbons (Fsp3) is 0.538. The standard InChI is InChI=1S/C13H18ClN3O3/c1-8(2)5-9(3)16(4)13(18)10-6-12(14)15-7-11(10)17(19)20/h6-9H,5H2,1-4H3. The lowest BCUT2D eigenvalue weighted by Crippen LogP contribution is -2.36. The number of nitrogens with zero attached hydrogens (tertiary/aromatic N) is 3. The van der Waals surface area contributed by atoms with Crippen molar-refractivity contribution in [3.05, 3.63) is 33.1 Å². The zero-order valence-corrected chi connectivity index (χ0v) is 12.7. The van der Waals surface area contributed by atoms with E-state index in [0.29, 0.717) is 5.92 Å². The maximum atomic E-state index is 12.4. The van der Waals surface area contributed by atoms with Crippen molar-refractivity contribution in [2.75, 3.05) is 7.05 Å². The molecular formula is C13H18ClN3O3. The summed E-state index contributed by atoms with van der Waals surface area (Å²) in [5.41, 5.74) is -0.365. The highest BCUT2D eigenvalue weighted by molar-refractivity contribution is 6.29. The van der Waals surface area contributed by atoms with Crippen LogP contribution in [0.5, 0.6) is 0 Å². The van der Waals surface area contributed by atoms with E-state index in [1.54, 1.807) is 7.05 Å². The largest absolute Gasteiger partial charge is 0.339 e. The van der Waals surface area contributed by atoms with Crippen LogP contribution in [0.4, 0.5) is 5.69 Å². The number of carbonyl (C=O) groups is 1. The molecule has 110 valence electrons. The number of amides is 1. The minimum atomic E-state index is -0.627. The molecule has 1 aromatic heterocycles. The summed E-state index contributed by atoms with van der Waals surface area (Å²) in [6, 6.07) is 1.22. The van der Waals surface area contributed by atoms with E-state index >= 15 is 0 Å². The van der Waals surface area contributed by atoms with Crippen LogP contribution in [0.15, 0.2) is 12.3 Å². The molecule has 0 aliphatic heterocycles. The van der Waals surface area contributed by atoms with Crippen molar-refractivity contribution in [3.8, 4) is 0 Å². The van der Waals surface area contributed by atoms with Crippen molar-refractivity contribution >= 4 is 23.2 Å². The zero-order chi connectivity index (χ0) is 15.4. The molecule has 0 fully saturated rings. The summed E-state index contributed by atoms with van der Waals surface area (Å²) in [6.45, 7) is 6.02. The lowest BCUT2D eigenvalue weighted by molar-refractivity contribution is -0.385. The predicted octanol–water partition coefficient (Wildman–Crippen LogP) is 3.15. The smallest absolute Gasteiger partial charge is 0.300 e. The molecule has 6 nitrogen and oxygen atoms in total. The van der Waals surface area contributed by atoms with Crippen LogP contribution in [0.2, 0.25) is 5.15 Å². The average Bonchev–Trinajstić information content (AvgIpc) is 2.35. The number of rotatable bonds is 5. The molecule has 1 aromatic rings. The van der Waals surface area contributed by atoms with Crippen LogP contribution >= 0.6 is 11.6 Å². The van der Waals surface area contributed by atoms with Gasteiger partial charge in [0, 0.05) is 13.1 Å². The molecule has 0 saturated carbocycles. The molecule has 7 heteroatoms. The summed E-state index contributed by atoms with van der Waals surface area (Å²) in [5, 5.41) is 11.0. The molecule has 0 bridgehead atoms. The summed E-state index contributed by atoms with van der Waals surface area (Å²) >= 11 is 5.73. The number of aromatic nitrogens is 1. The van der Waals surface area contributed by atoms with E-state index in [1.807, 2.05) is 6.92 Å². The third kappa shape index (κ3) is 3.90. The maximum absolute atomic E-state index is 12.4. The molecule has 1 amide bonds. The van der Waals surface area contributed by atoms with Crippen molar-refractivity contribution in [2.24, 2.45) is 5.92 Å². The topological polar surface area (TPSA) is 76.3 Å². The number of hydrogen-bond acceptors (Lipinski definition) is 4. The second kappa shape index (κ2) is 6.65. The van der Waals surface area contributed by atoms with E-state index in [-0.39, 0.29) is 22.4 Å². The zero-order valence-electron chi connectivity index (χ0n) is 12.0. The van der Waals surface area contributed by atoms with Crippen molar-refractivity contribution < 1.29 is 9.72 Å². The second-order valence-corrected chi connectivity index (χ2v) is 5.56. The van der Waals surface area contributed by atoms with Crippen LogP contribution in [0.25, 0.3) is 0 Å². The van der Waals surface area contributed by atoms with Crippen molar-refractivity contribution in [1.82, 2.24) is 9.88 Å². The first kappa shape index (κ1) is 16.4. The first-order chi connectivity index (χ1) is 9.23. The van der Waals surface area contributed by atoms with Gasteiger partial charge in [0.25, 0.3) is 11.6 Å². The third-order valence-corrected chi connectivity index (χ3v) is 3.28. The highest BCUT2D eigenvalue weighted by Crippen LogP contribution is 2.23. The van der Waals surface area contributed by atoms with Crippen molar-refractivity contribution in [1.29, 1.82) is 0 Å². The molecule has 20 heavy (non-hydrogen) atoms. The monoisotopic (exact) mass is 299 g/mol. The molecule has 0 radical (unpaired) electrons. The quantitative estimate of drug-likeness (QED) is 0.475. The Hall–Kier alpha value is -1.69. The minimum absolute atomic E-state index is 0.0194. The van der Waals surface area contributed by atoms with Gasteiger partial charge in [-0.05, 0) is 25.3 Å². The van der Waals surface area contributed by atoms with Gasteiger partial charge in [0.15, 0.2) is 0 Å². The lowest BCUT2D eigenvalue weighted by Gasteiger charge is -2.26. The van der Waals surface area contributed by atoms with Crippen LogP contribution in [0.3, 0.4) is 0 Å². The molecular weight excluding hydrogens is 282 g/mol. The summed E-state index contributed by atoms with van der Waals surface area (Å²) in [7, 11) is 1.63. The Kier molecular flexibility index (Phi) is 5.44. The van der Waals surface area contributed by atoms with Gasteiger partial charge in [-0.1, -0.05) is 25.4 Å². The van der Waals surface area contributed by atoms with Crippen molar-refractivity contribution in [3.63, 3.8) is 0 Å². The second-order valence-electron chi connectivity index (χ2n) is 5.18. The van der Waals surface area contributed by atoms with Gasteiger partial charge < -0.3 is 4.90 Å². The van der Waals surface area contributed by atoms with Crippen LogP contribution in [0, 0.1) is 16.0 Å². The van der Waals surface area contributed by atoms with E-state index < -0.39 is 10.8 Å². The molecule has 0 aromatic carbocycles. The molecule has 0 saturated heterocycles. The Bertz CT molecular complexity index is 520. The van der Waals surface area contributed by atoms with Gasteiger partial charge in [0.2, 0.25) is 0 Å². The fourth-order valence-corrected chi connectivity index (χ4v) is 2.13. The van der Waals surface area contributed by atoms with Crippen molar-refractivity contribution in [2.45, 2.75) is 33.2 Å². The summed E-state index contributed by atoms with van der Waals surface area (Å²) in [6.07, 6.45) is 1.82. The maximum Gasteiger partial charge on any atom is 0.300 e. The Morgan fingerprint density at radius 1 is 1.50 bits per heavy atom. The Balaban J connectivity index is 3.07. The third-order valence-electron chi connectivity index (χ3n) is 3.07. The number of nitro groups is 1. The van der Waals surface area contributed by atoms with E-state index in [4.69, 9.17) is 11.6 Å². The number of pyridine rings is 1. The molecule has 1 atom stereocenters. The molecule has 0 aliphatic rings. The van der Waals surface area contributed by atoms with Gasteiger partial charge in [0.1, 0.15) is 16.9 Å². The van der Waals surface area contributed by atoms with Gasteiger partial charge in [-0.15, -0.1) is 0 Å². The first-order valence-corrected chi connectivity index (χ1v) is 6.69. The summed E-state index contributed by atoms with van der Waals surface area (Å²) in [4.78, 5) is 27.9. The average molecular weight is 300 g/mol. The van der Waals surface area contributed by atoms with Gasteiger partial charge in [0.05, 0.1) is 4.92 Å². The van der Waals surface area contributed by atoms with Gasteiger partial charge in [-0.25, -0.2) is 4.98 Å². The van der Waals surface area contributed by atoms with Gasteiger partial charge in [-0.2, -0.15) is 0 Å². The summed E-state index contributed by atoms with van der Waals surface area (Å²) < 4.78 is 0. The van der Waals surface area contributed by atoms with E-state index in [1.165, 1.54) is 11.0 Å². The van der Waals surface area contributed by atoms with Crippen LogP contribution < -0.4 is 0 Å². The number of halogens is 1. The van der Waals surface area contributed by atoms with E-state index in [2.05, 4.69) is 18.8 Å². The Morgan fingerprint density at radius 2 is 2.10 bits per heavy atom. The highest BCUT2D eigenvalue weighted by Gasteiger charge is 2.26. The SMILES string of the molecule is CC(C)CC(C)N(C)C(=O)c1cc(Cl)ncc1[N+](=O)[O-]. The molecule has 0 aliphatic carbocycles. The molecule has 1 unspecified atom stereocenters. The van der Waals surface area contributed by atoms with Crippen LogP contribution in [-0.2, 0) is 0 Å². The lowest BCUT2D eigenvalue weighted by atomic mass is 10.0. The Morgan fingerprint density at radius 3 is 2.60 bits per heavy atom. The van der Waals surface area contributed by atoms with Crippen LogP contribution in [0.1, 0.15) is 37.6 Å². The Labute approximate surface area is 122 Å². The van der Waals surface area contributed by atoms with E-state index in [9.17, 15) is 14.9 Å². The molecule has 0 N–H and O–H groups in total. The highest BCUT2D eigenvalue weighted by atomic mass is 35.5. The van der Waals surface area contributed by atoms with Gasteiger partial charge in [-0.3, -0.25) is 14.9 Å². The first-order valence-electron chi connectivity index (χ1n) is 6.31. The minimum Gasteiger partial charge on any atom is -0.339 e. The predicted molar refractivity (Wildman–Crippen MR) is 76.9 cm³/mol. The van der Waals surface area contributed by atoms with E-state index in [0.717, 1.165) is 12.6 Å². The summed E-state index contributed by atoms with van der Waals surface area (Å²) in [5.74, 6) is 0.00501. The molecule has 1 rings (SSSR count). The fourth-order valence-electron chi connectivity index (χ4n) is 1.97. The van der Waals surface area contributed by atoms with Gasteiger partial charge >= 0.3 is 0 Å². The number of hydrogen-bond donors (Lipinski definition) is 0.